The zero-order chi connectivity index (χ0) is 25.1. The number of aryl methyl sites for hydroxylation is 2. The minimum absolute atomic E-state index is 0.0554. The molecule has 0 atom stereocenters. The lowest BCUT2D eigenvalue weighted by molar-refractivity contribution is 0.0974. The number of amides is 1. The average Bonchev–Trinajstić information content (AvgIpc) is 3.50. The number of aromatic amines is 1. The molecule has 0 spiro atoms. The van der Waals surface area contributed by atoms with E-state index in [9.17, 15) is 4.79 Å². The van der Waals surface area contributed by atoms with Crippen LogP contribution in [0.1, 0.15) is 40.2 Å². The molecule has 1 fully saturated rings. The van der Waals surface area contributed by atoms with Crippen LogP contribution in [0.3, 0.4) is 0 Å². The van der Waals surface area contributed by atoms with Crippen LogP contribution in [-0.4, -0.2) is 63.5 Å². The molecule has 0 radical (unpaired) electrons. The highest BCUT2D eigenvalue weighted by Crippen LogP contribution is 2.23. The number of anilines is 1. The Bertz CT molecular complexity index is 1410. The number of benzene rings is 1. The van der Waals surface area contributed by atoms with Gasteiger partial charge in [0.05, 0.1) is 22.9 Å². The summed E-state index contributed by atoms with van der Waals surface area (Å²) in [5, 5.41) is 10.3. The summed E-state index contributed by atoms with van der Waals surface area (Å²) >= 11 is 0. The number of fused-ring (bicyclic) bond motifs is 1. The van der Waals surface area contributed by atoms with Gasteiger partial charge in [-0.05, 0) is 56.5 Å². The summed E-state index contributed by atoms with van der Waals surface area (Å²) in [5.74, 6) is 0.372. The smallest absolute Gasteiger partial charge is 0.286 e. The molecule has 1 amide bonds. The molecular weight excluding hydrogens is 456 g/mol. The summed E-state index contributed by atoms with van der Waals surface area (Å²) in [5.41, 5.74) is 9.42. The average molecular weight is 485 g/mol. The van der Waals surface area contributed by atoms with Gasteiger partial charge in [-0.3, -0.25) is 9.69 Å². The third-order valence-corrected chi connectivity index (χ3v) is 6.63. The summed E-state index contributed by atoms with van der Waals surface area (Å²) in [4.78, 5) is 32.6. The maximum Gasteiger partial charge on any atom is 0.286 e. The number of oxazole rings is 1. The number of carbonyl (C=O) groups excluding carboxylic acids is 1. The van der Waals surface area contributed by atoms with Crippen molar-refractivity contribution in [2.75, 3.05) is 37.6 Å². The van der Waals surface area contributed by atoms with Gasteiger partial charge in [-0.2, -0.15) is 5.26 Å². The quantitative estimate of drug-likeness (QED) is 0.364. The Morgan fingerprint density at radius 2 is 1.97 bits per heavy atom. The van der Waals surface area contributed by atoms with Crippen molar-refractivity contribution in [1.29, 1.82) is 5.26 Å². The maximum atomic E-state index is 11.4. The fourth-order valence-corrected chi connectivity index (χ4v) is 4.62. The second kappa shape index (κ2) is 10.2. The van der Waals surface area contributed by atoms with Crippen LogP contribution in [0.15, 0.2) is 41.2 Å². The topological polar surface area (TPSA) is 141 Å². The van der Waals surface area contributed by atoms with Crippen molar-refractivity contribution in [3.63, 3.8) is 0 Å². The van der Waals surface area contributed by atoms with E-state index in [1.165, 1.54) is 5.56 Å². The lowest BCUT2D eigenvalue weighted by Crippen LogP contribution is -2.47. The van der Waals surface area contributed by atoms with Crippen LogP contribution >= 0.6 is 0 Å². The van der Waals surface area contributed by atoms with Crippen molar-refractivity contribution < 1.29 is 9.21 Å². The molecule has 3 N–H and O–H groups in total. The van der Waals surface area contributed by atoms with Crippen molar-refractivity contribution >= 4 is 22.8 Å². The highest BCUT2D eigenvalue weighted by atomic mass is 16.4. The van der Waals surface area contributed by atoms with E-state index in [-0.39, 0.29) is 11.7 Å². The molecule has 36 heavy (non-hydrogen) atoms. The van der Waals surface area contributed by atoms with E-state index in [0.717, 1.165) is 62.9 Å². The fraction of sp³-hybridized carbons (Fsp3) is 0.346. The predicted molar refractivity (Wildman–Crippen MR) is 135 cm³/mol. The van der Waals surface area contributed by atoms with Gasteiger partial charge in [0.2, 0.25) is 17.6 Å². The minimum atomic E-state index is -0.645. The highest BCUT2D eigenvalue weighted by molar-refractivity contribution is 5.91. The standard InChI is InChI=1S/C26H28N8O2/c1-17-23(24(28)35)36-25(32-17)20-15-30-26(31-16-20)34-10-8-33(9-11-34)7-3-2-4-19-14-29-22-6-5-18(13-27)12-21(19)22/h5-6,12,14-16,29H,2-4,7-11H2,1H3,(H2,28,35). The molecule has 0 aliphatic carbocycles. The van der Waals surface area contributed by atoms with E-state index < -0.39 is 5.91 Å². The van der Waals surface area contributed by atoms with Crippen LogP contribution in [-0.2, 0) is 6.42 Å². The van der Waals surface area contributed by atoms with Crippen molar-refractivity contribution in [1.82, 2.24) is 24.8 Å². The summed E-state index contributed by atoms with van der Waals surface area (Å²) < 4.78 is 5.46. The number of nitriles is 1. The van der Waals surface area contributed by atoms with Crippen LogP contribution in [0.25, 0.3) is 22.4 Å². The van der Waals surface area contributed by atoms with Crippen molar-refractivity contribution in [2.24, 2.45) is 5.73 Å². The molecule has 0 bridgehead atoms. The molecule has 184 valence electrons. The zero-order valence-electron chi connectivity index (χ0n) is 20.2. The maximum absolute atomic E-state index is 11.4. The molecule has 0 saturated carbocycles. The Labute approximate surface area is 208 Å². The summed E-state index contributed by atoms with van der Waals surface area (Å²) in [6.07, 6.45) is 8.62. The SMILES string of the molecule is Cc1nc(-c2cnc(N3CCN(CCCCc4c[nH]c5ccc(C#N)cc45)CC3)nc2)oc1C(N)=O. The number of nitrogens with zero attached hydrogens (tertiary/aromatic N) is 6. The van der Waals surface area contributed by atoms with E-state index in [1.807, 2.05) is 18.2 Å². The Kier molecular flexibility index (Phi) is 6.64. The largest absolute Gasteiger partial charge is 0.431 e. The van der Waals surface area contributed by atoms with Gasteiger partial charge in [-0.15, -0.1) is 0 Å². The molecule has 3 aromatic heterocycles. The first kappa shape index (κ1) is 23.5. The highest BCUT2D eigenvalue weighted by Gasteiger charge is 2.20. The second-order valence-electron chi connectivity index (χ2n) is 9.04. The first-order chi connectivity index (χ1) is 17.5. The van der Waals surface area contributed by atoms with Gasteiger partial charge < -0.3 is 20.0 Å². The third kappa shape index (κ3) is 4.92. The summed E-state index contributed by atoms with van der Waals surface area (Å²) in [6.45, 7) is 6.39. The molecular formula is C26H28N8O2. The molecule has 4 heterocycles. The van der Waals surface area contributed by atoms with Crippen molar-refractivity contribution in [2.45, 2.75) is 26.2 Å². The minimum Gasteiger partial charge on any atom is -0.431 e. The van der Waals surface area contributed by atoms with Gasteiger partial charge in [-0.1, -0.05) is 0 Å². The molecule has 0 unspecified atom stereocenters. The van der Waals surface area contributed by atoms with Gasteiger partial charge in [-0.25, -0.2) is 15.0 Å². The number of H-pyrrole nitrogens is 1. The Morgan fingerprint density at radius 1 is 1.19 bits per heavy atom. The Hall–Kier alpha value is -4.23. The lowest BCUT2D eigenvalue weighted by Gasteiger charge is -2.34. The van der Waals surface area contributed by atoms with E-state index in [4.69, 9.17) is 15.4 Å². The van der Waals surface area contributed by atoms with E-state index >= 15 is 0 Å². The molecule has 5 rings (SSSR count). The molecule has 10 nitrogen and oxygen atoms in total. The third-order valence-electron chi connectivity index (χ3n) is 6.63. The van der Waals surface area contributed by atoms with Crippen LogP contribution in [0.4, 0.5) is 5.95 Å². The van der Waals surface area contributed by atoms with Crippen LogP contribution < -0.4 is 10.6 Å². The molecule has 1 aromatic carbocycles. The van der Waals surface area contributed by atoms with Crippen LogP contribution in [0, 0.1) is 18.3 Å². The summed E-state index contributed by atoms with van der Waals surface area (Å²) in [7, 11) is 0. The number of piperazine rings is 1. The first-order valence-corrected chi connectivity index (χ1v) is 12.1. The number of unbranched alkanes of at least 4 members (excludes halogenated alkanes) is 1. The first-order valence-electron chi connectivity index (χ1n) is 12.1. The fourth-order valence-electron chi connectivity index (χ4n) is 4.62. The van der Waals surface area contributed by atoms with Crippen LogP contribution in [0.2, 0.25) is 0 Å². The predicted octanol–water partition coefficient (Wildman–Crippen LogP) is 3.04. The zero-order valence-corrected chi connectivity index (χ0v) is 20.2. The molecule has 10 heteroatoms. The van der Waals surface area contributed by atoms with Gasteiger partial charge >= 0.3 is 0 Å². The number of aromatic nitrogens is 4. The van der Waals surface area contributed by atoms with Gasteiger partial charge in [0, 0.05) is 55.7 Å². The lowest BCUT2D eigenvalue weighted by atomic mass is 10.1. The molecule has 4 aromatic rings. The number of rotatable bonds is 8. The Morgan fingerprint density at radius 3 is 2.67 bits per heavy atom. The summed E-state index contributed by atoms with van der Waals surface area (Å²) in [6, 6.07) is 8.02. The van der Waals surface area contributed by atoms with Crippen molar-refractivity contribution in [3.05, 3.63) is 59.4 Å². The van der Waals surface area contributed by atoms with E-state index in [1.54, 1.807) is 19.3 Å². The van der Waals surface area contributed by atoms with Crippen LogP contribution in [0.5, 0.6) is 0 Å². The number of nitrogens with two attached hydrogens (primary N) is 1. The van der Waals surface area contributed by atoms with Gasteiger partial charge in [0.15, 0.2) is 0 Å². The molecule has 1 saturated heterocycles. The number of primary amides is 1. The van der Waals surface area contributed by atoms with Gasteiger partial charge in [0.25, 0.3) is 5.91 Å². The van der Waals surface area contributed by atoms with E-state index in [0.29, 0.717) is 22.8 Å². The molecule has 1 aliphatic heterocycles. The monoisotopic (exact) mass is 484 g/mol. The normalized spacial score (nSPS) is 14.3. The van der Waals surface area contributed by atoms with Gasteiger partial charge in [0.1, 0.15) is 0 Å². The Balaban J connectivity index is 1.09. The number of hydrogen-bond donors (Lipinski definition) is 2. The number of hydrogen-bond acceptors (Lipinski definition) is 8. The van der Waals surface area contributed by atoms with E-state index in [2.05, 4.69) is 42.0 Å². The number of nitrogens with one attached hydrogen (secondary N) is 1. The number of carbonyl (C=O) groups is 1. The molecule has 1 aliphatic rings. The van der Waals surface area contributed by atoms with Crippen molar-refractivity contribution in [3.8, 4) is 17.5 Å². The second-order valence-corrected chi connectivity index (χ2v) is 9.04.